The van der Waals surface area contributed by atoms with Crippen LogP contribution in [0.25, 0.3) is 0 Å². The van der Waals surface area contributed by atoms with Crippen molar-refractivity contribution >= 4 is 41.2 Å². The van der Waals surface area contributed by atoms with E-state index in [2.05, 4.69) is 21.3 Å². The number of hydrogen-bond acceptors (Lipinski definition) is 8. The highest BCUT2D eigenvalue weighted by atomic mass is 16.6. The van der Waals surface area contributed by atoms with E-state index in [1.54, 1.807) is 118 Å². The van der Waals surface area contributed by atoms with Gasteiger partial charge in [-0.3, -0.25) is 28.9 Å². The summed E-state index contributed by atoms with van der Waals surface area (Å²) in [6.45, 7) is 7.34. The molecular formula is C45H51N5O8. The number of anilines is 1. The van der Waals surface area contributed by atoms with Crippen LogP contribution in [0.1, 0.15) is 80.1 Å². The lowest BCUT2D eigenvalue weighted by molar-refractivity contribution is -0.132. The first-order chi connectivity index (χ1) is 27.8. The molecule has 1 aliphatic heterocycles. The third-order valence-corrected chi connectivity index (χ3v) is 9.18. The monoisotopic (exact) mass is 789 g/mol. The molecular weight excluding hydrogens is 739 g/mol. The fraction of sp³-hybridized carbons (Fsp3) is 0.333. The first-order valence-corrected chi connectivity index (χ1v) is 19.4. The number of benzene rings is 4. The third kappa shape index (κ3) is 12.2. The molecule has 0 spiro atoms. The van der Waals surface area contributed by atoms with Crippen LogP contribution in [-0.2, 0) is 30.3 Å². The summed E-state index contributed by atoms with van der Waals surface area (Å²) in [5.74, 6) is -1.90. The summed E-state index contributed by atoms with van der Waals surface area (Å²) in [4.78, 5) is 80.9. The zero-order chi connectivity index (χ0) is 41.7. The summed E-state index contributed by atoms with van der Waals surface area (Å²) in [6.07, 6.45) is 0.518. The molecule has 5 rings (SSSR count). The summed E-state index contributed by atoms with van der Waals surface area (Å²) >= 11 is 0. The number of fused-ring (bicyclic) bond motifs is 1. The minimum atomic E-state index is -1.28. The van der Waals surface area contributed by atoms with E-state index in [0.29, 0.717) is 59.6 Å². The maximum atomic E-state index is 14.5. The number of nitrogens with one attached hydrogen (secondary N) is 4. The number of rotatable bonds is 16. The highest BCUT2D eigenvalue weighted by Crippen LogP contribution is 2.37. The predicted octanol–water partition coefficient (Wildman–Crippen LogP) is 5.43. The molecule has 0 fully saturated rings. The average Bonchev–Trinajstić information content (AvgIpc) is 3.31. The van der Waals surface area contributed by atoms with Gasteiger partial charge in [0, 0.05) is 24.2 Å². The van der Waals surface area contributed by atoms with Crippen molar-refractivity contribution in [3.05, 3.63) is 131 Å². The molecule has 4 aromatic rings. The van der Waals surface area contributed by atoms with E-state index in [4.69, 9.17) is 9.47 Å². The van der Waals surface area contributed by atoms with Crippen LogP contribution >= 0.6 is 0 Å². The average molecular weight is 790 g/mol. The lowest BCUT2D eigenvalue weighted by atomic mass is 10.00. The fourth-order valence-corrected chi connectivity index (χ4v) is 6.36. The van der Waals surface area contributed by atoms with Crippen LogP contribution in [0.2, 0.25) is 0 Å². The number of ether oxygens (including phenoxy) is 2. The molecule has 0 bridgehead atoms. The molecule has 0 unspecified atom stereocenters. The van der Waals surface area contributed by atoms with Gasteiger partial charge in [-0.1, -0.05) is 91.0 Å². The van der Waals surface area contributed by atoms with Crippen molar-refractivity contribution < 1.29 is 38.2 Å². The highest BCUT2D eigenvalue weighted by Gasteiger charge is 2.41. The molecule has 5 amide bonds. The summed E-state index contributed by atoms with van der Waals surface area (Å²) in [5.41, 5.74) is 1.95. The van der Waals surface area contributed by atoms with E-state index in [1.807, 2.05) is 12.1 Å². The van der Waals surface area contributed by atoms with Crippen molar-refractivity contribution in [3.63, 3.8) is 0 Å². The van der Waals surface area contributed by atoms with Crippen molar-refractivity contribution in [1.29, 1.82) is 0 Å². The second-order valence-corrected chi connectivity index (χ2v) is 15.0. The van der Waals surface area contributed by atoms with E-state index in [9.17, 15) is 28.8 Å². The number of nitrogens with zero attached hydrogens (tertiary/aromatic N) is 1. The number of unbranched alkanes of at least 4 members (excludes halogenated alkanes) is 2. The molecule has 13 nitrogen and oxygen atoms in total. The second kappa shape index (κ2) is 20.1. The Morgan fingerprint density at radius 3 is 2.10 bits per heavy atom. The molecule has 1 aliphatic rings. The Labute approximate surface area is 338 Å². The molecule has 1 heterocycles. The van der Waals surface area contributed by atoms with E-state index in [0.717, 1.165) is 6.42 Å². The number of para-hydroxylation sites is 2. The van der Waals surface area contributed by atoms with Gasteiger partial charge >= 0.3 is 6.09 Å². The number of ketones is 1. The van der Waals surface area contributed by atoms with Gasteiger partial charge in [-0.25, -0.2) is 4.79 Å². The van der Waals surface area contributed by atoms with Gasteiger partial charge in [0.1, 0.15) is 30.0 Å². The van der Waals surface area contributed by atoms with Crippen LogP contribution in [-0.4, -0.2) is 72.8 Å². The fourth-order valence-electron chi connectivity index (χ4n) is 6.36. The van der Waals surface area contributed by atoms with E-state index < -0.39 is 53.5 Å². The van der Waals surface area contributed by atoms with Crippen LogP contribution in [0.4, 0.5) is 10.5 Å². The smallest absolute Gasteiger partial charge is 0.407 e. The van der Waals surface area contributed by atoms with Gasteiger partial charge in [0.25, 0.3) is 5.91 Å². The van der Waals surface area contributed by atoms with E-state index >= 15 is 0 Å². The van der Waals surface area contributed by atoms with E-state index in [-0.39, 0.29) is 18.7 Å². The topological polar surface area (TPSA) is 172 Å². The van der Waals surface area contributed by atoms with Gasteiger partial charge in [-0.15, -0.1) is 0 Å². The van der Waals surface area contributed by atoms with Crippen LogP contribution in [0, 0.1) is 0 Å². The zero-order valence-electron chi connectivity index (χ0n) is 33.3. The molecule has 0 radical (unpaired) electrons. The maximum Gasteiger partial charge on any atom is 0.407 e. The number of carbonyl (C=O) groups excluding carboxylic acids is 6. The van der Waals surface area contributed by atoms with Crippen molar-refractivity contribution in [2.45, 2.75) is 77.2 Å². The third-order valence-electron chi connectivity index (χ3n) is 9.18. The number of carbonyl (C=O) groups is 6. The maximum absolute atomic E-state index is 14.5. The van der Waals surface area contributed by atoms with E-state index in [1.165, 1.54) is 11.8 Å². The van der Waals surface area contributed by atoms with Crippen molar-refractivity contribution in [2.24, 2.45) is 0 Å². The lowest BCUT2D eigenvalue weighted by Crippen LogP contribution is -2.56. The molecule has 4 N–H and O–H groups in total. The molecule has 3 atom stereocenters. The molecule has 0 aliphatic carbocycles. The van der Waals surface area contributed by atoms with Crippen LogP contribution in [0.5, 0.6) is 5.75 Å². The molecule has 4 aromatic carbocycles. The summed E-state index contributed by atoms with van der Waals surface area (Å²) in [7, 11) is 0. The quantitative estimate of drug-likeness (QED) is 0.0860. The summed E-state index contributed by atoms with van der Waals surface area (Å²) in [5, 5.41) is 11.1. The Bertz CT molecular complexity index is 2070. The number of alkyl carbamates (subject to hydrolysis) is 1. The Kier molecular flexibility index (Phi) is 14.8. The predicted molar refractivity (Wildman–Crippen MR) is 219 cm³/mol. The SMILES string of the molecule is C[C@H](NC(=O)Cc1cccc(C(=O)c2ccccc2)c1)C(=O)N[C@@H]1C(=O)N(CC(=O)NCCCCCNC(=O)OC(C)(C)C)c2ccccc2O[C@@H]1c1ccccc1. The largest absolute Gasteiger partial charge is 0.481 e. The lowest BCUT2D eigenvalue weighted by Gasteiger charge is -2.29. The molecule has 0 saturated heterocycles. The molecule has 58 heavy (non-hydrogen) atoms. The van der Waals surface area contributed by atoms with Crippen molar-refractivity contribution in [2.75, 3.05) is 24.5 Å². The Morgan fingerprint density at radius 1 is 0.759 bits per heavy atom. The van der Waals surface area contributed by atoms with Gasteiger partial charge in [-0.2, -0.15) is 0 Å². The molecule has 304 valence electrons. The highest BCUT2D eigenvalue weighted by molar-refractivity contribution is 6.09. The van der Waals surface area contributed by atoms with Crippen LogP contribution < -0.4 is 30.9 Å². The second-order valence-electron chi connectivity index (χ2n) is 15.0. The molecule has 0 saturated carbocycles. The number of amides is 5. The molecule has 0 aromatic heterocycles. The van der Waals surface area contributed by atoms with Gasteiger partial charge in [-0.05, 0) is 76.3 Å². The van der Waals surface area contributed by atoms with Gasteiger partial charge in [0.05, 0.1) is 12.1 Å². The standard InChI is InChI=1S/C45H51N5O8/c1-30(48-37(51)28-31-17-16-22-34(27-31)40(53)32-18-8-5-9-19-32)42(54)49-39-41(33-20-10-6-11-21-33)57-36-24-13-12-23-35(36)50(43(39)55)29-38(52)46-25-14-7-15-26-47-44(56)58-45(2,3)4/h5-6,8-13,16-24,27,30,39,41H,7,14-15,25-26,28-29H2,1-4H3,(H,46,52)(H,47,56)(H,48,51)(H,49,54)/t30-,39-,41+/m0/s1. The molecule has 13 heteroatoms. The van der Waals surface area contributed by atoms with Gasteiger partial charge in [0.15, 0.2) is 11.9 Å². The summed E-state index contributed by atoms with van der Waals surface area (Å²) < 4.78 is 11.7. The van der Waals surface area contributed by atoms with Crippen molar-refractivity contribution in [1.82, 2.24) is 21.3 Å². The first-order valence-electron chi connectivity index (χ1n) is 19.4. The normalized spacial score (nSPS) is 15.4. The minimum Gasteiger partial charge on any atom is -0.481 e. The summed E-state index contributed by atoms with van der Waals surface area (Å²) in [6, 6.07) is 29.1. The Hall–Kier alpha value is -6.50. The first kappa shape index (κ1) is 42.6. The van der Waals surface area contributed by atoms with Crippen molar-refractivity contribution in [3.8, 4) is 5.75 Å². The van der Waals surface area contributed by atoms with Crippen LogP contribution in [0.15, 0.2) is 109 Å². The van der Waals surface area contributed by atoms with Gasteiger partial charge in [0.2, 0.25) is 17.7 Å². The Balaban J connectivity index is 1.23. The number of hydrogen-bond donors (Lipinski definition) is 4. The minimum absolute atomic E-state index is 0.0905. The van der Waals surface area contributed by atoms with Crippen LogP contribution in [0.3, 0.4) is 0 Å². The van der Waals surface area contributed by atoms with Gasteiger partial charge < -0.3 is 30.7 Å². The Morgan fingerprint density at radius 2 is 1.40 bits per heavy atom. The zero-order valence-corrected chi connectivity index (χ0v) is 33.3.